The van der Waals surface area contributed by atoms with Gasteiger partial charge in [-0.2, -0.15) is 0 Å². The maximum atomic E-state index is 12.0. The van der Waals surface area contributed by atoms with Gasteiger partial charge < -0.3 is 10.6 Å². The summed E-state index contributed by atoms with van der Waals surface area (Å²) in [6, 6.07) is 0.406. The normalized spacial score (nSPS) is 23.4. The molecule has 18 heavy (non-hydrogen) atoms. The van der Waals surface area contributed by atoms with E-state index in [-0.39, 0.29) is 11.9 Å². The lowest BCUT2D eigenvalue weighted by Crippen LogP contribution is -2.45. The highest BCUT2D eigenvalue weighted by molar-refractivity contribution is 5.81. The van der Waals surface area contributed by atoms with E-state index in [0.717, 1.165) is 12.5 Å². The zero-order valence-electron chi connectivity index (χ0n) is 11.7. The smallest absolute Gasteiger partial charge is 0.237 e. The number of hydrogen-bond acceptors (Lipinski definition) is 2. The first-order chi connectivity index (χ1) is 8.75. The summed E-state index contributed by atoms with van der Waals surface area (Å²) in [7, 11) is 0. The Kier molecular flexibility index (Phi) is 5.48. The van der Waals surface area contributed by atoms with Crippen LogP contribution in [0.4, 0.5) is 0 Å². The van der Waals surface area contributed by atoms with E-state index in [9.17, 15) is 4.79 Å². The molecule has 2 saturated carbocycles. The fourth-order valence-corrected chi connectivity index (χ4v) is 3.29. The highest BCUT2D eigenvalue weighted by atomic mass is 16.2. The molecule has 3 nitrogen and oxygen atoms in total. The Morgan fingerprint density at radius 1 is 1.11 bits per heavy atom. The summed E-state index contributed by atoms with van der Waals surface area (Å²) in [6.45, 7) is 2.98. The van der Waals surface area contributed by atoms with Gasteiger partial charge in [-0.05, 0) is 38.6 Å². The van der Waals surface area contributed by atoms with E-state index >= 15 is 0 Å². The van der Waals surface area contributed by atoms with Crippen LogP contribution in [0.3, 0.4) is 0 Å². The van der Waals surface area contributed by atoms with Gasteiger partial charge in [-0.25, -0.2) is 0 Å². The van der Waals surface area contributed by atoms with Crippen LogP contribution < -0.4 is 10.6 Å². The zero-order valence-corrected chi connectivity index (χ0v) is 11.7. The summed E-state index contributed by atoms with van der Waals surface area (Å²) >= 11 is 0. The second kappa shape index (κ2) is 7.13. The lowest BCUT2D eigenvalue weighted by atomic mass is 10.0. The van der Waals surface area contributed by atoms with Gasteiger partial charge in [-0.15, -0.1) is 0 Å². The monoisotopic (exact) mass is 252 g/mol. The molecule has 104 valence electrons. The molecule has 2 fully saturated rings. The molecule has 2 aliphatic rings. The third-order valence-electron chi connectivity index (χ3n) is 4.57. The van der Waals surface area contributed by atoms with Crippen molar-refractivity contribution in [2.75, 3.05) is 6.54 Å². The van der Waals surface area contributed by atoms with E-state index < -0.39 is 0 Å². The first kappa shape index (κ1) is 13.9. The van der Waals surface area contributed by atoms with Crippen LogP contribution in [-0.4, -0.2) is 24.5 Å². The molecule has 2 N–H and O–H groups in total. The molecule has 0 spiro atoms. The van der Waals surface area contributed by atoms with Gasteiger partial charge in [0.25, 0.3) is 0 Å². The third-order valence-corrected chi connectivity index (χ3v) is 4.57. The number of amides is 1. The van der Waals surface area contributed by atoms with E-state index in [1.54, 1.807) is 0 Å². The van der Waals surface area contributed by atoms with Crippen molar-refractivity contribution in [2.24, 2.45) is 5.92 Å². The predicted octanol–water partition coefficient (Wildman–Crippen LogP) is 2.60. The van der Waals surface area contributed by atoms with E-state index in [1.807, 2.05) is 6.92 Å². The van der Waals surface area contributed by atoms with Crippen molar-refractivity contribution in [2.45, 2.75) is 76.8 Å². The molecule has 3 heteroatoms. The van der Waals surface area contributed by atoms with Crippen molar-refractivity contribution in [1.29, 1.82) is 0 Å². The largest absolute Gasteiger partial charge is 0.352 e. The quantitative estimate of drug-likeness (QED) is 0.763. The Labute approximate surface area is 111 Å². The number of carbonyl (C=O) groups excluding carboxylic acids is 1. The molecule has 0 aromatic rings. The molecule has 2 aliphatic carbocycles. The number of carbonyl (C=O) groups is 1. The van der Waals surface area contributed by atoms with Crippen molar-refractivity contribution < 1.29 is 4.79 Å². The topological polar surface area (TPSA) is 41.1 Å². The molecule has 1 atom stereocenters. The minimum Gasteiger partial charge on any atom is -0.352 e. The standard InChI is InChI=1S/C15H28N2O/c1-12(15(18)17-14-8-4-5-9-14)16-11-10-13-6-2-3-7-13/h12-14,16H,2-11H2,1H3,(H,17,18). The molecule has 0 radical (unpaired) electrons. The highest BCUT2D eigenvalue weighted by Gasteiger charge is 2.20. The van der Waals surface area contributed by atoms with Crippen LogP contribution >= 0.6 is 0 Å². The molecule has 0 heterocycles. The first-order valence-corrected chi connectivity index (χ1v) is 7.79. The van der Waals surface area contributed by atoms with Crippen molar-refractivity contribution >= 4 is 5.91 Å². The van der Waals surface area contributed by atoms with Gasteiger partial charge in [0.05, 0.1) is 6.04 Å². The fraction of sp³-hybridized carbons (Fsp3) is 0.933. The van der Waals surface area contributed by atoms with Gasteiger partial charge in [0.2, 0.25) is 5.91 Å². The highest BCUT2D eigenvalue weighted by Crippen LogP contribution is 2.26. The fourth-order valence-electron chi connectivity index (χ4n) is 3.29. The Morgan fingerprint density at radius 2 is 1.72 bits per heavy atom. The van der Waals surface area contributed by atoms with Gasteiger partial charge in [0.1, 0.15) is 0 Å². The lowest BCUT2D eigenvalue weighted by molar-refractivity contribution is -0.123. The molecule has 0 saturated heterocycles. The number of nitrogens with one attached hydrogen (secondary N) is 2. The Balaban J connectivity index is 1.57. The van der Waals surface area contributed by atoms with E-state index in [2.05, 4.69) is 10.6 Å². The Hall–Kier alpha value is -0.570. The SMILES string of the molecule is CC(NCCC1CCCC1)C(=O)NC1CCCC1. The minimum absolute atomic E-state index is 0.0352. The van der Waals surface area contributed by atoms with Crippen LogP contribution in [0.5, 0.6) is 0 Å². The van der Waals surface area contributed by atoms with Crippen LogP contribution in [0.15, 0.2) is 0 Å². The Bertz CT molecular complexity index is 255. The molecule has 1 amide bonds. The molecule has 1 unspecified atom stereocenters. The third kappa shape index (κ3) is 4.27. The Morgan fingerprint density at radius 3 is 2.39 bits per heavy atom. The summed E-state index contributed by atoms with van der Waals surface area (Å²) in [4.78, 5) is 12.0. The van der Waals surface area contributed by atoms with Crippen molar-refractivity contribution in [3.8, 4) is 0 Å². The van der Waals surface area contributed by atoms with Crippen molar-refractivity contribution in [3.63, 3.8) is 0 Å². The molecule has 0 bridgehead atoms. The van der Waals surface area contributed by atoms with Gasteiger partial charge in [-0.3, -0.25) is 4.79 Å². The molecular formula is C15H28N2O. The summed E-state index contributed by atoms with van der Waals surface area (Å²) in [5.74, 6) is 1.09. The average Bonchev–Trinajstić information content (AvgIpc) is 3.01. The first-order valence-electron chi connectivity index (χ1n) is 7.79. The van der Waals surface area contributed by atoms with E-state index in [4.69, 9.17) is 0 Å². The van der Waals surface area contributed by atoms with Gasteiger partial charge in [0, 0.05) is 6.04 Å². The maximum absolute atomic E-state index is 12.0. The molecule has 0 aliphatic heterocycles. The number of hydrogen-bond donors (Lipinski definition) is 2. The van der Waals surface area contributed by atoms with Crippen LogP contribution in [0.2, 0.25) is 0 Å². The van der Waals surface area contributed by atoms with Crippen LogP contribution in [0, 0.1) is 5.92 Å². The second-order valence-corrected chi connectivity index (χ2v) is 6.10. The van der Waals surface area contributed by atoms with E-state index in [0.29, 0.717) is 6.04 Å². The molecular weight excluding hydrogens is 224 g/mol. The summed E-state index contributed by atoms with van der Waals surface area (Å²) < 4.78 is 0. The van der Waals surface area contributed by atoms with E-state index in [1.165, 1.54) is 57.8 Å². The molecule has 0 aromatic carbocycles. The summed E-state index contributed by atoms with van der Waals surface area (Å²) in [5, 5.41) is 6.53. The predicted molar refractivity (Wildman–Crippen MR) is 74.4 cm³/mol. The van der Waals surface area contributed by atoms with Crippen molar-refractivity contribution in [3.05, 3.63) is 0 Å². The second-order valence-electron chi connectivity index (χ2n) is 6.10. The van der Waals surface area contributed by atoms with Gasteiger partial charge >= 0.3 is 0 Å². The summed E-state index contributed by atoms with van der Waals surface area (Å²) in [5.41, 5.74) is 0. The maximum Gasteiger partial charge on any atom is 0.237 e. The van der Waals surface area contributed by atoms with Gasteiger partial charge in [0.15, 0.2) is 0 Å². The van der Waals surface area contributed by atoms with Crippen molar-refractivity contribution in [1.82, 2.24) is 10.6 Å². The van der Waals surface area contributed by atoms with Crippen LogP contribution in [0.1, 0.15) is 64.7 Å². The molecule has 0 aromatic heterocycles. The zero-order chi connectivity index (χ0) is 12.8. The van der Waals surface area contributed by atoms with Gasteiger partial charge in [-0.1, -0.05) is 38.5 Å². The lowest BCUT2D eigenvalue weighted by Gasteiger charge is -2.18. The van der Waals surface area contributed by atoms with Crippen LogP contribution in [0.25, 0.3) is 0 Å². The summed E-state index contributed by atoms with van der Waals surface area (Å²) in [6.07, 6.45) is 11.7. The average molecular weight is 252 g/mol. The number of rotatable bonds is 6. The molecule has 2 rings (SSSR count). The van der Waals surface area contributed by atoms with Crippen LogP contribution in [-0.2, 0) is 4.79 Å². The minimum atomic E-state index is -0.0352.